The van der Waals surface area contributed by atoms with Gasteiger partial charge in [-0.1, -0.05) is 11.6 Å². The normalized spacial score (nSPS) is 9.74. The predicted molar refractivity (Wildman–Crippen MR) is 84.6 cm³/mol. The molecule has 0 radical (unpaired) electrons. The molecule has 0 heterocycles. The van der Waals surface area contributed by atoms with Crippen LogP contribution in [0, 0.1) is 11.3 Å². The molecule has 2 rings (SSSR count). The number of nitrogens with zero attached hydrogens (tertiary/aromatic N) is 1. The van der Waals surface area contributed by atoms with Crippen molar-refractivity contribution in [2.24, 2.45) is 0 Å². The van der Waals surface area contributed by atoms with E-state index >= 15 is 0 Å². The van der Waals surface area contributed by atoms with E-state index in [9.17, 15) is 4.79 Å². The van der Waals surface area contributed by atoms with Crippen LogP contribution in [-0.2, 0) is 9.53 Å². The van der Waals surface area contributed by atoms with Crippen molar-refractivity contribution in [1.82, 2.24) is 0 Å². The summed E-state index contributed by atoms with van der Waals surface area (Å²) in [5, 5.41) is 9.31. The van der Waals surface area contributed by atoms with Crippen LogP contribution in [0.4, 0.5) is 0 Å². The van der Waals surface area contributed by atoms with E-state index in [1.54, 1.807) is 48.5 Å². The Hall–Kier alpha value is -2.71. The molecule has 0 N–H and O–H groups in total. The monoisotopic (exact) mass is 331 g/mol. The highest BCUT2D eigenvalue weighted by Crippen LogP contribution is 2.15. The summed E-state index contributed by atoms with van der Waals surface area (Å²) in [4.78, 5) is 11.5. The number of nitriles is 1. The third kappa shape index (κ3) is 5.89. The van der Waals surface area contributed by atoms with E-state index < -0.39 is 5.97 Å². The Morgan fingerprint density at radius 2 is 1.57 bits per heavy atom. The minimum Gasteiger partial charge on any atom is -0.490 e. The van der Waals surface area contributed by atoms with E-state index in [-0.39, 0.29) is 19.8 Å². The zero-order valence-electron chi connectivity index (χ0n) is 12.2. The molecule has 0 aliphatic heterocycles. The Kier molecular flexibility index (Phi) is 6.28. The molecule has 0 aromatic heterocycles. The number of halogens is 1. The summed E-state index contributed by atoms with van der Waals surface area (Å²) < 4.78 is 15.6. The van der Waals surface area contributed by atoms with Crippen molar-refractivity contribution in [2.75, 3.05) is 19.8 Å². The molecule has 0 atom stereocenters. The Balaban J connectivity index is 1.63. The van der Waals surface area contributed by atoms with Gasteiger partial charge in [0.15, 0.2) is 6.61 Å². The molecule has 0 spiro atoms. The molecule has 0 aliphatic rings. The Bertz CT molecular complexity index is 677. The van der Waals surface area contributed by atoms with Gasteiger partial charge >= 0.3 is 5.97 Å². The summed E-state index contributed by atoms with van der Waals surface area (Å²) >= 11 is 5.76. The van der Waals surface area contributed by atoms with E-state index in [4.69, 9.17) is 31.1 Å². The van der Waals surface area contributed by atoms with Crippen LogP contribution < -0.4 is 9.47 Å². The summed E-state index contributed by atoms with van der Waals surface area (Å²) in [5.74, 6) is 0.659. The highest BCUT2D eigenvalue weighted by molar-refractivity contribution is 6.30. The topological polar surface area (TPSA) is 68.5 Å². The van der Waals surface area contributed by atoms with Crippen molar-refractivity contribution >= 4 is 17.6 Å². The minimum atomic E-state index is -0.492. The maximum absolute atomic E-state index is 11.5. The lowest BCUT2D eigenvalue weighted by Gasteiger charge is -2.08. The third-order valence-electron chi connectivity index (χ3n) is 2.77. The number of rotatable bonds is 7. The molecule has 0 bridgehead atoms. The van der Waals surface area contributed by atoms with Crippen LogP contribution in [-0.4, -0.2) is 25.8 Å². The summed E-state index contributed by atoms with van der Waals surface area (Å²) in [6, 6.07) is 15.4. The van der Waals surface area contributed by atoms with Crippen molar-refractivity contribution < 1.29 is 19.0 Å². The first-order valence-corrected chi connectivity index (χ1v) is 7.22. The first-order valence-electron chi connectivity index (χ1n) is 6.84. The number of esters is 1. The second kappa shape index (κ2) is 8.66. The zero-order chi connectivity index (χ0) is 16.5. The van der Waals surface area contributed by atoms with Gasteiger partial charge in [-0.2, -0.15) is 5.26 Å². The smallest absolute Gasteiger partial charge is 0.344 e. The van der Waals surface area contributed by atoms with Crippen molar-refractivity contribution in [2.45, 2.75) is 0 Å². The lowest BCUT2D eigenvalue weighted by Crippen LogP contribution is -2.18. The van der Waals surface area contributed by atoms with Crippen molar-refractivity contribution in [1.29, 1.82) is 5.26 Å². The molecule has 0 amide bonds. The predicted octanol–water partition coefficient (Wildman–Crippen LogP) is 3.21. The van der Waals surface area contributed by atoms with Gasteiger partial charge in [0, 0.05) is 5.02 Å². The summed E-state index contributed by atoms with van der Waals surface area (Å²) in [5.41, 5.74) is 0.527. The van der Waals surface area contributed by atoms with Gasteiger partial charge < -0.3 is 14.2 Å². The van der Waals surface area contributed by atoms with Gasteiger partial charge in [-0.15, -0.1) is 0 Å². The number of carbonyl (C=O) groups is 1. The Morgan fingerprint density at radius 1 is 0.957 bits per heavy atom. The van der Waals surface area contributed by atoms with Crippen LogP contribution in [0.5, 0.6) is 11.5 Å². The number of benzene rings is 2. The molecule has 6 heteroatoms. The van der Waals surface area contributed by atoms with Crippen LogP contribution in [0.3, 0.4) is 0 Å². The fourth-order valence-corrected chi connectivity index (χ4v) is 1.78. The average molecular weight is 332 g/mol. The molecule has 2 aromatic carbocycles. The average Bonchev–Trinajstić information content (AvgIpc) is 2.59. The van der Waals surface area contributed by atoms with Crippen LogP contribution >= 0.6 is 11.6 Å². The first-order chi connectivity index (χ1) is 11.2. The maximum Gasteiger partial charge on any atom is 0.344 e. The van der Waals surface area contributed by atoms with Gasteiger partial charge in [0.2, 0.25) is 0 Å². The van der Waals surface area contributed by atoms with E-state index in [0.717, 1.165) is 0 Å². The van der Waals surface area contributed by atoms with Gasteiger partial charge in [0.05, 0.1) is 11.6 Å². The highest BCUT2D eigenvalue weighted by Gasteiger charge is 2.04. The molecule has 118 valence electrons. The van der Waals surface area contributed by atoms with Crippen LogP contribution in [0.25, 0.3) is 0 Å². The van der Waals surface area contributed by atoms with Crippen LogP contribution in [0.15, 0.2) is 48.5 Å². The Labute approximate surface area is 139 Å². The lowest BCUT2D eigenvalue weighted by molar-refractivity contribution is -0.146. The van der Waals surface area contributed by atoms with E-state index in [2.05, 4.69) is 0 Å². The molecule has 5 nitrogen and oxygen atoms in total. The SMILES string of the molecule is N#Cc1ccc(OCC(=O)OCCOc2ccc(Cl)cc2)cc1. The van der Waals surface area contributed by atoms with Crippen molar-refractivity contribution in [3.05, 3.63) is 59.1 Å². The molecule has 0 fully saturated rings. The molecule has 0 unspecified atom stereocenters. The fourth-order valence-electron chi connectivity index (χ4n) is 1.66. The van der Waals surface area contributed by atoms with Gasteiger partial charge in [-0.3, -0.25) is 0 Å². The lowest BCUT2D eigenvalue weighted by atomic mass is 10.2. The van der Waals surface area contributed by atoms with Gasteiger partial charge in [0.25, 0.3) is 0 Å². The van der Waals surface area contributed by atoms with E-state index in [1.165, 1.54) is 0 Å². The van der Waals surface area contributed by atoms with E-state index in [1.807, 2.05) is 6.07 Å². The maximum atomic E-state index is 11.5. The molecule has 0 saturated carbocycles. The third-order valence-corrected chi connectivity index (χ3v) is 3.02. The minimum absolute atomic E-state index is 0.123. The number of ether oxygens (including phenoxy) is 3. The molecular weight excluding hydrogens is 318 g/mol. The summed E-state index contributed by atoms with van der Waals surface area (Å²) in [7, 11) is 0. The molecular formula is C17H14ClNO4. The van der Waals surface area contributed by atoms with Crippen molar-refractivity contribution in [3.63, 3.8) is 0 Å². The summed E-state index contributed by atoms with van der Waals surface area (Å²) in [6.45, 7) is 0.162. The molecule has 23 heavy (non-hydrogen) atoms. The first kappa shape index (κ1) is 16.7. The summed E-state index contributed by atoms with van der Waals surface area (Å²) in [6.07, 6.45) is 0. The molecule has 2 aromatic rings. The number of hydrogen-bond acceptors (Lipinski definition) is 5. The van der Waals surface area contributed by atoms with E-state index in [0.29, 0.717) is 22.1 Å². The van der Waals surface area contributed by atoms with Gasteiger partial charge in [-0.25, -0.2) is 4.79 Å². The second-order valence-electron chi connectivity index (χ2n) is 4.45. The number of hydrogen-bond donors (Lipinski definition) is 0. The fraction of sp³-hybridized carbons (Fsp3) is 0.176. The van der Waals surface area contributed by atoms with Crippen molar-refractivity contribution in [3.8, 4) is 17.6 Å². The standard InChI is InChI=1S/C17H14ClNO4/c18-14-3-7-15(8-4-14)21-9-10-22-17(20)12-23-16-5-1-13(11-19)2-6-16/h1-8H,9-10,12H2. The second-order valence-corrected chi connectivity index (χ2v) is 4.88. The van der Waals surface area contributed by atoms with Crippen LogP contribution in [0.1, 0.15) is 5.56 Å². The quantitative estimate of drug-likeness (QED) is 0.575. The molecule has 0 saturated heterocycles. The number of carbonyl (C=O) groups excluding carboxylic acids is 1. The van der Waals surface area contributed by atoms with Gasteiger partial charge in [-0.05, 0) is 48.5 Å². The Morgan fingerprint density at radius 3 is 2.22 bits per heavy atom. The molecule has 0 aliphatic carbocycles. The largest absolute Gasteiger partial charge is 0.490 e. The van der Waals surface area contributed by atoms with Gasteiger partial charge in [0.1, 0.15) is 24.7 Å². The zero-order valence-corrected chi connectivity index (χ0v) is 13.0. The van der Waals surface area contributed by atoms with Crippen LogP contribution in [0.2, 0.25) is 5.02 Å². The highest BCUT2D eigenvalue weighted by atomic mass is 35.5.